The second-order valence-electron chi connectivity index (χ2n) is 7.45. The SMILES string of the molecule is COc1ccc2c3c([nH]c2c1)C(/C=C1\C=C(C)C(=O)C=C1C(C)C)=NCC3. The molecule has 0 spiro atoms. The second-order valence-corrected chi connectivity index (χ2v) is 7.45. The van der Waals surface area contributed by atoms with Gasteiger partial charge in [-0.2, -0.15) is 0 Å². The van der Waals surface area contributed by atoms with Gasteiger partial charge in [0.1, 0.15) is 5.75 Å². The zero-order chi connectivity index (χ0) is 19.1. The fourth-order valence-electron chi connectivity index (χ4n) is 3.82. The quantitative estimate of drug-likeness (QED) is 0.872. The van der Waals surface area contributed by atoms with Gasteiger partial charge in [-0.3, -0.25) is 9.79 Å². The van der Waals surface area contributed by atoms with E-state index in [0.29, 0.717) is 0 Å². The highest BCUT2D eigenvalue weighted by molar-refractivity contribution is 6.14. The van der Waals surface area contributed by atoms with Crippen molar-refractivity contribution in [3.8, 4) is 5.75 Å². The zero-order valence-corrected chi connectivity index (χ0v) is 16.2. The number of ketones is 1. The van der Waals surface area contributed by atoms with Crippen molar-refractivity contribution in [2.75, 3.05) is 13.7 Å². The lowest BCUT2D eigenvalue weighted by molar-refractivity contribution is -0.111. The second kappa shape index (κ2) is 6.69. The number of nitrogens with one attached hydrogen (secondary N) is 1. The number of fused-ring (bicyclic) bond motifs is 3. The van der Waals surface area contributed by atoms with E-state index in [9.17, 15) is 4.79 Å². The van der Waals surface area contributed by atoms with Gasteiger partial charge in [0.2, 0.25) is 0 Å². The van der Waals surface area contributed by atoms with Crippen molar-refractivity contribution < 1.29 is 9.53 Å². The molecule has 2 aromatic rings. The minimum atomic E-state index is 0.0971. The van der Waals surface area contributed by atoms with Crippen LogP contribution in [0, 0.1) is 5.92 Å². The van der Waals surface area contributed by atoms with E-state index < -0.39 is 0 Å². The summed E-state index contributed by atoms with van der Waals surface area (Å²) in [6, 6.07) is 6.14. The number of benzene rings is 1. The fraction of sp³-hybridized carbons (Fsp3) is 0.304. The van der Waals surface area contributed by atoms with Gasteiger partial charge in [-0.15, -0.1) is 0 Å². The smallest absolute Gasteiger partial charge is 0.181 e. The Labute approximate surface area is 159 Å². The van der Waals surface area contributed by atoms with E-state index in [1.807, 2.05) is 25.1 Å². The summed E-state index contributed by atoms with van der Waals surface area (Å²) in [7, 11) is 1.68. The number of hydrogen-bond donors (Lipinski definition) is 1. The van der Waals surface area contributed by atoms with Gasteiger partial charge in [0.25, 0.3) is 0 Å². The Morgan fingerprint density at radius 1 is 1.26 bits per heavy atom. The third kappa shape index (κ3) is 3.05. The van der Waals surface area contributed by atoms with Crippen molar-refractivity contribution in [2.45, 2.75) is 27.2 Å². The molecule has 1 aliphatic carbocycles. The van der Waals surface area contributed by atoms with Gasteiger partial charge in [0.15, 0.2) is 5.78 Å². The van der Waals surface area contributed by atoms with E-state index in [2.05, 4.69) is 31.0 Å². The molecule has 4 rings (SSSR count). The first-order valence-electron chi connectivity index (χ1n) is 9.37. The van der Waals surface area contributed by atoms with Crippen molar-refractivity contribution in [2.24, 2.45) is 10.9 Å². The van der Waals surface area contributed by atoms with E-state index in [4.69, 9.17) is 9.73 Å². The molecular weight excluding hydrogens is 336 g/mol. The summed E-state index contributed by atoms with van der Waals surface area (Å²) in [5.41, 5.74) is 7.30. The van der Waals surface area contributed by atoms with Crippen LogP contribution in [0.15, 0.2) is 58.1 Å². The summed E-state index contributed by atoms with van der Waals surface area (Å²) >= 11 is 0. The molecule has 0 atom stereocenters. The zero-order valence-electron chi connectivity index (χ0n) is 16.2. The molecule has 4 heteroatoms. The average Bonchev–Trinajstić information content (AvgIpc) is 3.03. The molecule has 0 unspecified atom stereocenters. The molecule has 0 amide bonds. The summed E-state index contributed by atoms with van der Waals surface area (Å²) in [4.78, 5) is 20.4. The van der Waals surface area contributed by atoms with Crippen LogP contribution in [0.1, 0.15) is 32.0 Å². The Bertz CT molecular complexity index is 1060. The van der Waals surface area contributed by atoms with Crippen molar-refractivity contribution in [3.05, 3.63) is 64.4 Å². The van der Waals surface area contributed by atoms with Crippen LogP contribution in [0.4, 0.5) is 0 Å². The first-order valence-corrected chi connectivity index (χ1v) is 9.37. The summed E-state index contributed by atoms with van der Waals surface area (Å²) in [6.45, 7) is 6.87. The number of ether oxygens (including phenoxy) is 1. The van der Waals surface area contributed by atoms with Crippen molar-refractivity contribution in [3.63, 3.8) is 0 Å². The van der Waals surface area contributed by atoms with Gasteiger partial charge in [0.05, 0.1) is 18.5 Å². The lowest BCUT2D eigenvalue weighted by atomic mass is 9.86. The first-order chi connectivity index (χ1) is 13.0. The molecule has 27 heavy (non-hydrogen) atoms. The number of nitrogens with zero attached hydrogens (tertiary/aromatic N) is 1. The fourth-order valence-corrected chi connectivity index (χ4v) is 3.82. The lowest BCUT2D eigenvalue weighted by Gasteiger charge is -2.19. The van der Waals surface area contributed by atoms with Gasteiger partial charge >= 0.3 is 0 Å². The highest BCUT2D eigenvalue weighted by Crippen LogP contribution is 2.31. The summed E-state index contributed by atoms with van der Waals surface area (Å²) in [5.74, 6) is 1.22. The maximum absolute atomic E-state index is 12.1. The first kappa shape index (κ1) is 17.5. The molecule has 0 saturated heterocycles. The number of H-pyrrole nitrogens is 1. The van der Waals surface area contributed by atoms with E-state index in [1.54, 1.807) is 13.2 Å². The summed E-state index contributed by atoms with van der Waals surface area (Å²) in [6.07, 6.45) is 6.80. The summed E-state index contributed by atoms with van der Waals surface area (Å²) < 4.78 is 5.36. The highest BCUT2D eigenvalue weighted by Gasteiger charge is 2.22. The number of allylic oxidation sites excluding steroid dienone is 6. The molecule has 0 radical (unpaired) electrons. The standard InChI is InChI=1S/C23H24N2O2/c1-13(2)19-12-22(26)14(3)9-15(19)10-21-23-18(7-8-24-21)17-6-5-16(27-4)11-20(17)25-23/h5-6,9-13,25H,7-8H2,1-4H3/b15-10+. The van der Waals surface area contributed by atoms with Gasteiger partial charge in [-0.25, -0.2) is 0 Å². The van der Waals surface area contributed by atoms with E-state index in [0.717, 1.165) is 52.4 Å². The molecule has 1 aromatic heterocycles. The van der Waals surface area contributed by atoms with Crippen LogP contribution in [-0.4, -0.2) is 30.1 Å². The monoisotopic (exact) mass is 360 g/mol. The Kier molecular flexibility index (Phi) is 4.34. The molecule has 0 saturated carbocycles. The molecule has 1 N–H and O–H groups in total. The van der Waals surface area contributed by atoms with Crippen LogP contribution < -0.4 is 4.74 Å². The Balaban J connectivity index is 1.82. The van der Waals surface area contributed by atoms with Crippen LogP contribution in [0.2, 0.25) is 0 Å². The molecule has 1 aromatic carbocycles. The molecule has 0 fully saturated rings. The number of aromatic nitrogens is 1. The molecule has 4 nitrogen and oxygen atoms in total. The Morgan fingerprint density at radius 2 is 2.07 bits per heavy atom. The molecule has 2 aliphatic rings. The number of hydrogen-bond acceptors (Lipinski definition) is 3. The molecule has 1 aliphatic heterocycles. The van der Waals surface area contributed by atoms with Gasteiger partial charge in [-0.05, 0) is 71.9 Å². The molecular formula is C23H24N2O2. The highest BCUT2D eigenvalue weighted by atomic mass is 16.5. The largest absolute Gasteiger partial charge is 0.497 e. The molecule has 138 valence electrons. The maximum Gasteiger partial charge on any atom is 0.181 e. The Hall–Kier alpha value is -2.88. The van der Waals surface area contributed by atoms with Crippen LogP contribution >= 0.6 is 0 Å². The Morgan fingerprint density at radius 3 is 2.81 bits per heavy atom. The number of carbonyl (C=O) groups excluding carboxylic acids is 1. The number of aliphatic imine (C=N–C) groups is 1. The number of methoxy groups -OCH3 is 1. The third-order valence-electron chi connectivity index (χ3n) is 5.31. The van der Waals surface area contributed by atoms with E-state index in [-0.39, 0.29) is 11.7 Å². The van der Waals surface area contributed by atoms with Crippen LogP contribution in [0.5, 0.6) is 5.75 Å². The van der Waals surface area contributed by atoms with Crippen LogP contribution in [-0.2, 0) is 11.2 Å². The van der Waals surface area contributed by atoms with Crippen molar-refractivity contribution in [1.29, 1.82) is 0 Å². The number of aromatic amines is 1. The molecule has 0 bridgehead atoms. The minimum Gasteiger partial charge on any atom is -0.497 e. The summed E-state index contributed by atoms with van der Waals surface area (Å²) in [5, 5.41) is 1.22. The van der Waals surface area contributed by atoms with E-state index in [1.165, 1.54) is 10.9 Å². The third-order valence-corrected chi connectivity index (χ3v) is 5.31. The van der Waals surface area contributed by atoms with Crippen LogP contribution in [0.3, 0.4) is 0 Å². The van der Waals surface area contributed by atoms with Crippen LogP contribution in [0.25, 0.3) is 10.9 Å². The van der Waals surface area contributed by atoms with Gasteiger partial charge < -0.3 is 9.72 Å². The maximum atomic E-state index is 12.1. The molecule has 2 heterocycles. The topological polar surface area (TPSA) is 54.5 Å². The van der Waals surface area contributed by atoms with Gasteiger partial charge in [0, 0.05) is 23.5 Å². The average molecular weight is 360 g/mol. The number of rotatable bonds is 3. The van der Waals surface area contributed by atoms with Crippen molar-refractivity contribution in [1.82, 2.24) is 4.98 Å². The minimum absolute atomic E-state index is 0.0971. The van der Waals surface area contributed by atoms with Crippen molar-refractivity contribution >= 4 is 22.4 Å². The van der Waals surface area contributed by atoms with E-state index >= 15 is 0 Å². The normalized spacial score (nSPS) is 18.5. The lowest BCUT2D eigenvalue weighted by Crippen LogP contribution is -2.14. The predicted octanol–water partition coefficient (Wildman–Crippen LogP) is 4.56. The number of carbonyl (C=O) groups is 1. The predicted molar refractivity (Wildman–Crippen MR) is 110 cm³/mol. The van der Waals surface area contributed by atoms with Gasteiger partial charge in [-0.1, -0.05) is 13.8 Å².